The molecule has 4 aliphatic carbocycles. The molecular formula is C32H54O5S. The maximum Gasteiger partial charge on any atom is 0.318 e. The Morgan fingerprint density at radius 1 is 1.05 bits per heavy atom. The van der Waals surface area contributed by atoms with Gasteiger partial charge in [-0.3, -0.25) is 4.79 Å². The lowest BCUT2D eigenvalue weighted by atomic mass is 9.47. The minimum atomic E-state index is -3.55. The van der Waals surface area contributed by atoms with Crippen molar-refractivity contribution in [3.05, 3.63) is 11.6 Å². The van der Waals surface area contributed by atoms with Crippen molar-refractivity contribution in [1.29, 1.82) is 0 Å². The number of carbonyl (C=O) groups is 1. The van der Waals surface area contributed by atoms with Crippen LogP contribution in [-0.2, 0) is 19.4 Å². The van der Waals surface area contributed by atoms with E-state index < -0.39 is 21.6 Å². The van der Waals surface area contributed by atoms with Crippen molar-refractivity contribution in [2.24, 2.45) is 46.3 Å². The Morgan fingerprint density at radius 2 is 1.82 bits per heavy atom. The van der Waals surface area contributed by atoms with Crippen LogP contribution < -0.4 is 0 Å². The maximum atomic E-state index is 11.8. The summed E-state index contributed by atoms with van der Waals surface area (Å²) in [6.07, 6.45) is 17.3. The van der Waals surface area contributed by atoms with Crippen molar-refractivity contribution in [3.8, 4) is 0 Å². The van der Waals surface area contributed by atoms with Crippen LogP contribution in [0.4, 0.5) is 0 Å². The van der Waals surface area contributed by atoms with E-state index in [-0.39, 0.29) is 17.3 Å². The van der Waals surface area contributed by atoms with E-state index in [1.54, 1.807) is 5.57 Å². The van der Waals surface area contributed by atoms with E-state index in [2.05, 4.69) is 40.7 Å². The Labute approximate surface area is 232 Å². The third-order valence-corrected chi connectivity index (χ3v) is 13.2. The van der Waals surface area contributed by atoms with Gasteiger partial charge in [0, 0.05) is 6.61 Å². The summed E-state index contributed by atoms with van der Waals surface area (Å²) in [6.45, 7) is 12.8. The van der Waals surface area contributed by atoms with Gasteiger partial charge in [0.25, 0.3) is 0 Å². The number of sulfone groups is 1. The fourth-order valence-electron chi connectivity index (χ4n) is 9.58. The van der Waals surface area contributed by atoms with Gasteiger partial charge >= 0.3 is 5.97 Å². The average molecular weight is 551 g/mol. The highest BCUT2D eigenvalue weighted by molar-refractivity contribution is 7.92. The summed E-state index contributed by atoms with van der Waals surface area (Å²) in [7, 11) is -3.55. The molecule has 3 saturated carbocycles. The average Bonchev–Trinajstić information content (AvgIpc) is 3.18. The predicted octanol–water partition coefficient (Wildman–Crippen LogP) is 7.30. The molecule has 4 unspecified atom stereocenters. The number of hydrogen-bond donors (Lipinski definition) is 1. The number of hydrogen-bond acceptors (Lipinski definition) is 4. The van der Waals surface area contributed by atoms with E-state index in [9.17, 15) is 13.2 Å². The fourth-order valence-corrected chi connectivity index (χ4v) is 10.7. The Morgan fingerprint density at radius 3 is 2.53 bits per heavy atom. The van der Waals surface area contributed by atoms with Crippen molar-refractivity contribution in [3.63, 3.8) is 0 Å². The number of allylic oxidation sites excluding steroid dienone is 1. The first-order chi connectivity index (χ1) is 17.9. The van der Waals surface area contributed by atoms with E-state index in [4.69, 9.17) is 9.84 Å². The second-order valence-corrected chi connectivity index (χ2v) is 16.5. The van der Waals surface area contributed by atoms with Gasteiger partial charge in [-0.15, -0.1) is 0 Å². The summed E-state index contributed by atoms with van der Waals surface area (Å²) in [5.74, 6) is 2.84. The molecule has 0 aromatic heterocycles. The first kappa shape index (κ1) is 30.1. The molecule has 38 heavy (non-hydrogen) atoms. The van der Waals surface area contributed by atoms with E-state index in [0.717, 1.165) is 48.3 Å². The first-order valence-corrected chi connectivity index (χ1v) is 17.4. The third-order valence-electron chi connectivity index (χ3n) is 11.6. The maximum absolute atomic E-state index is 11.8. The number of fused-ring (bicyclic) bond motifs is 5. The number of ether oxygens (including phenoxy) is 1. The van der Waals surface area contributed by atoms with Crippen LogP contribution >= 0.6 is 0 Å². The van der Waals surface area contributed by atoms with E-state index in [0.29, 0.717) is 18.4 Å². The van der Waals surface area contributed by atoms with Gasteiger partial charge in [-0.2, -0.15) is 0 Å². The highest BCUT2D eigenvalue weighted by Gasteiger charge is 2.59. The normalized spacial score (nSPS) is 37.7. The minimum Gasteiger partial charge on any atom is -0.480 e. The first-order valence-electron chi connectivity index (χ1n) is 15.6. The highest BCUT2D eigenvalue weighted by atomic mass is 32.2. The van der Waals surface area contributed by atoms with Crippen LogP contribution in [-0.4, -0.2) is 43.7 Å². The van der Waals surface area contributed by atoms with E-state index >= 15 is 0 Å². The molecule has 0 aromatic carbocycles. The molecule has 0 saturated heterocycles. The molecule has 0 heterocycles. The van der Waals surface area contributed by atoms with Crippen molar-refractivity contribution in [1.82, 2.24) is 0 Å². The number of rotatable bonds is 12. The van der Waals surface area contributed by atoms with E-state index in [1.807, 2.05) is 0 Å². The molecule has 4 rings (SSSR count). The summed E-state index contributed by atoms with van der Waals surface area (Å²) >= 11 is 0. The topological polar surface area (TPSA) is 80.7 Å². The van der Waals surface area contributed by atoms with Crippen molar-refractivity contribution >= 4 is 15.8 Å². The summed E-state index contributed by atoms with van der Waals surface area (Å²) in [5, 5.41) is 8.76. The minimum absolute atomic E-state index is 0.117. The summed E-state index contributed by atoms with van der Waals surface area (Å²) in [5.41, 5.74) is 2.39. The Hall–Kier alpha value is -0.880. The van der Waals surface area contributed by atoms with Crippen LogP contribution in [0.3, 0.4) is 0 Å². The molecule has 0 radical (unpaired) electrons. The molecule has 0 bridgehead atoms. The zero-order chi connectivity index (χ0) is 27.7. The molecule has 218 valence electrons. The lowest BCUT2D eigenvalue weighted by Crippen LogP contribution is -2.51. The Balaban J connectivity index is 1.33. The van der Waals surface area contributed by atoms with Gasteiger partial charge < -0.3 is 9.84 Å². The standard InChI is InChI=1S/C32H54O5S/c1-22(2)8-6-9-23(3)27-12-13-28-26-11-10-24-20-25(37-18-7-19-38(35,36)21-30(33)34)14-16-31(24,4)29(26)15-17-32(27,28)5/h10,22-23,25-29H,6-9,11-21H2,1-5H3,(H,33,34)/t23-,25+,26?,27?,28?,29?,31+,32-/m1/s1. The molecule has 4 aliphatic rings. The molecule has 3 fully saturated rings. The van der Waals surface area contributed by atoms with Gasteiger partial charge in [0.15, 0.2) is 9.84 Å². The second-order valence-electron chi connectivity index (χ2n) is 14.4. The third kappa shape index (κ3) is 6.37. The van der Waals surface area contributed by atoms with Crippen molar-refractivity contribution in [2.75, 3.05) is 18.1 Å². The Bertz CT molecular complexity index is 970. The number of aliphatic carboxylic acids is 1. The Kier molecular flexibility index (Phi) is 9.44. The summed E-state index contributed by atoms with van der Waals surface area (Å²) < 4.78 is 29.8. The number of carboxylic acids is 1. The van der Waals surface area contributed by atoms with Gasteiger partial charge in [0.05, 0.1) is 11.9 Å². The summed E-state index contributed by atoms with van der Waals surface area (Å²) in [6, 6.07) is 0. The van der Waals surface area contributed by atoms with Gasteiger partial charge in [-0.1, -0.05) is 65.5 Å². The zero-order valence-corrected chi connectivity index (χ0v) is 25.5. The van der Waals surface area contributed by atoms with Crippen molar-refractivity contribution < 1.29 is 23.1 Å². The van der Waals surface area contributed by atoms with Crippen LogP contribution in [0.5, 0.6) is 0 Å². The summed E-state index contributed by atoms with van der Waals surface area (Å²) in [4.78, 5) is 10.7. The number of carboxylic acid groups (broad SMARTS) is 1. The van der Waals surface area contributed by atoms with Gasteiger partial charge in [-0.25, -0.2) is 8.42 Å². The van der Waals surface area contributed by atoms with Gasteiger partial charge in [-0.05, 0) is 104 Å². The molecule has 1 N–H and O–H groups in total. The molecule has 5 nitrogen and oxygen atoms in total. The SMILES string of the molecule is CC(C)CCC[C@@H](C)C1CCC2C3CC=C4C[C@@H](OCCCS(=O)(=O)CC(=O)O)CC[C@]4(C)C3CC[C@@]21C. The lowest BCUT2D eigenvalue weighted by molar-refractivity contribution is -0.134. The highest BCUT2D eigenvalue weighted by Crippen LogP contribution is 2.67. The quantitative estimate of drug-likeness (QED) is 0.204. The molecule has 6 heteroatoms. The molecular weight excluding hydrogens is 496 g/mol. The van der Waals surface area contributed by atoms with Gasteiger partial charge in [0.2, 0.25) is 0 Å². The van der Waals surface area contributed by atoms with Crippen LogP contribution in [0.2, 0.25) is 0 Å². The van der Waals surface area contributed by atoms with Crippen LogP contribution in [0, 0.1) is 46.3 Å². The van der Waals surface area contributed by atoms with E-state index in [1.165, 1.54) is 57.8 Å². The second kappa shape index (κ2) is 11.9. The molecule has 0 amide bonds. The van der Waals surface area contributed by atoms with Crippen LogP contribution in [0.25, 0.3) is 0 Å². The smallest absolute Gasteiger partial charge is 0.318 e. The van der Waals surface area contributed by atoms with Gasteiger partial charge in [0.1, 0.15) is 5.75 Å². The molecule has 0 aliphatic heterocycles. The van der Waals surface area contributed by atoms with Crippen molar-refractivity contribution in [2.45, 2.75) is 118 Å². The molecule has 8 atom stereocenters. The predicted molar refractivity (Wildman–Crippen MR) is 154 cm³/mol. The lowest BCUT2D eigenvalue weighted by Gasteiger charge is -2.58. The van der Waals surface area contributed by atoms with Crippen LogP contribution in [0.1, 0.15) is 112 Å². The molecule has 0 aromatic rings. The largest absolute Gasteiger partial charge is 0.480 e. The fraction of sp³-hybridized carbons (Fsp3) is 0.906. The molecule has 0 spiro atoms. The van der Waals surface area contributed by atoms with Crippen LogP contribution in [0.15, 0.2) is 11.6 Å². The zero-order valence-electron chi connectivity index (χ0n) is 24.7. The monoisotopic (exact) mass is 550 g/mol.